The summed E-state index contributed by atoms with van der Waals surface area (Å²) in [5, 5.41) is 1.45. The van der Waals surface area contributed by atoms with Crippen molar-refractivity contribution >= 4 is 27.0 Å². The van der Waals surface area contributed by atoms with Gasteiger partial charge in [0.1, 0.15) is 0 Å². The highest BCUT2D eigenvalue weighted by molar-refractivity contribution is 7.20. The van der Waals surface area contributed by atoms with Crippen molar-refractivity contribution in [3.8, 4) is 0 Å². The lowest BCUT2D eigenvalue weighted by Crippen LogP contribution is -2.12. The van der Waals surface area contributed by atoms with Crippen molar-refractivity contribution < 1.29 is 0 Å². The summed E-state index contributed by atoms with van der Waals surface area (Å²) in [6.45, 7) is 4.67. The molecular formula is C26H36S. The van der Waals surface area contributed by atoms with E-state index in [0.717, 1.165) is 17.8 Å². The first-order chi connectivity index (χ1) is 13.3. The maximum Gasteiger partial charge on any atom is 0.0352 e. The van der Waals surface area contributed by atoms with Gasteiger partial charge in [0.05, 0.1) is 0 Å². The van der Waals surface area contributed by atoms with Crippen LogP contribution in [0.25, 0.3) is 15.7 Å². The molecule has 0 aliphatic heterocycles. The summed E-state index contributed by atoms with van der Waals surface area (Å²) in [6.07, 6.45) is 17.7. The van der Waals surface area contributed by atoms with E-state index in [4.69, 9.17) is 0 Å². The van der Waals surface area contributed by atoms with Crippen LogP contribution in [-0.2, 0) is 0 Å². The van der Waals surface area contributed by atoms with Crippen molar-refractivity contribution in [3.05, 3.63) is 40.8 Å². The number of hydrogen-bond donors (Lipinski definition) is 0. The molecule has 1 fully saturated rings. The highest BCUT2D eigenvalue weighted by Gasteiger charge is 2.22. The Balaban J connectivity index is 1.46. The molecular weight excluding hydrogens is 344 g/mol. The van der Waals surface area contributed by atoms with E-state index < -0.39 is 0 Å². The van der Waals surface area contributed by atoms with Gasteiger partial charge in [0, 0.05) is 9.58 Å². The fraction of sp³-hybridized carbons (Fsp3) is 0.615. The Labute approximate surface area is 170 Å². The molecule has 2 aliphatic carbocycles. The van der Waals surface area contributed by atoms with Crippen LogP contribution in [0.3, 0.4) is 0 Å². The number of fused-ring (bicyclic) bond motifs is 1. The van der Waals surface area contributed by atoms with Crippen LogP contribution in [0.2, 0.25) is 0 Å². The lowest BCUT2D eigenvalue weighted by Gasteiger charge is -2.28. The van der Waals surface area contributed by atoms with Crippen LogP contribution >= 0.6 is 11.3 Å². The monoisotopic (exact) mass is 380 g/mol. The van der Waals surface area contributed by atoms with Gasteiger partial charge in [0.25, 0.3) is 0 Å². The summed E-state index contributed by atoms with van der Waals surface area (Å²) in [4.78, 5) is 1.53. The predicted molar refractivity (Wildman–Crippen MR) is 122 cm³/mol. The number of thiophene rings is 1. The minimum atomic E-state index is 0.802. The second-order valence-electron chi connectivity index (χ2n) is 9.05. The average molecular weight is 381 g/mol. The van der Waals surface area contributed by atoms with Gasteiger partial charge >= 0.3 is 0 Å². The molecule has 1 aromatic heterocycles. The summed E-state index contributed by atoms with van der Waals surface area (Å²) >= 11 is 2.04. The van der Waals surface area contributed by atoms with Gasteiger partial charge in [-0.05, 0) is 91.4 Å². The fourth-order valence-corrected chi connectivity index (χ4v) is 6.41. The lowest BCUT2D eigenvalue weighted by atomic mass is 9.78. The Hall–Kier alpha value is -1.08. The maximum absolute atomic E-state index is 2.56. The smallest absolute Gasteiger partial charge is 0.0352 e. The number of benzene rings is 1. The van der Waals surface area contributed by atoms with Crippen LogP contribution in [-0.4, -0.2) is 0 Å². The Morgan fingerprint density at radius 3 is 2.52 bits per heavy atom. The Morgan fingerprint density at radius 2 is 1.81 bits per heavy atom. The molecule has 146 valence electrons. The van der Waals surface area contributed by atoms with Crippen LogP contribution in [0.4, 0.5) is 0 Å². The van der Waals surface area contributed by atoms with Crippen molar-refractivity contribution in [2.75, 3.05) is 0 Å². The molecule has 0 spiro atoms. The zero-order chi connectivity index (χ0) is 18.6. The molecule has 0 radical (unpaired) electrons. The van der Waals surface area contributed by atoms with Crippen molar-refractivity contribution in [1.29, 1.82) is 0 Å². The number of hydrogen-bond acceptors (Lipinski definition) is 1. The molecule has 4 rings (SSSR count). The quantitative estimate of drug-likeness (QED) is 0.469. The van der Waals surface area contributed by atoms with E-state index in [1.165, 1.54) is 85.6 Å². The molecule has 0 saturated heterocycles. The van der Waals surface area contributed by atoms with E-state index in [1.807, 2.05) is 11.3 Å². The zero-order valence-electron chi connectivity index (χ0n) is 17.3. The molecule has 1 saturated carbocycles. The first-order valence-electron chi connectivity index (χ1n) is 11.5. The van der Waals surface area contributed by atoms with Gasteiger partial charge in [-0.25, -0.2) is 0 Å². The van der Waals surface area contributed by atoms with Crippen LogP contribution in [0.15, 0.2) is 30.3 Å². The van der Waals surface area contributed by atoms with E-state index in [2.05, 4.69) is 44.2 Å². The van der Waals surface area contributed by atoms with Crippen molar-refractivity contribution in [3.63, 3.8) is 0 Å². The fourth-order valence-electron chi connectivity index (χ4n) is 5.23. The molecule has 27 heavy (non-hydrogen) atoms. The molecule has 0 nitrogen and oxygen atoms in total. The standard InChI is InChI=1S/C26H36S/c1-3-5-6-20-9-13-22(14-10-20)25-18-24-16-15-23(17-26(24)27-25)21-11-7-19(4-2)8-12-21/h13,15-21H,3-12,14H2,1-2H3. The summed E-state index contributed by atoms with van der Waals surface area (Å²) in [7, 11) is 0. The van der Waals surface area contributed by atoms with Gasteiger partial charge in [-0.3, -0.25) is 0 Å². The van der Waals surface area contributed by atoms with Crippen molar-refractivity contribution in [2.45, 2.75) is 90.4 Å². The van der Waals surface area contributed by atoms with Crippen LogP contribution in [0.5, 0.6) is 0 Å². The minimum Gasteiger partial charge on any atom is -0.136 e. The van der Waals surface area contributed by atoms with Crippen molar-refractivity contribution in [1.82, 2.24) is 0 Å². The maximum atomic E-state index is 2.56. The third-order valence-corrected chi connectivity index (χ3v) is 8.41. The van der Waals surface area contributed by atoms with Crippen molar-refractivity contribution in [2.24, 2.45) is 11.8 Å². The third-order valence-electron chi connectivity index (χ3n) is 7.24. The van der Waals surface area contributed by atoms with Gasteiger partial charge in [-0.15, -0.1) is 11.3 Å². The number of unbranched alkanes of at least 4 members (excludes halogenated alkanes) is 1. The van der Waals surface area contributed by atoms with Gasteiger partial charge in [-0.1, -0.05) is 57.7 Å². The van der Waals surface area contributed by atoms with Crippen LogP contribution < -0.4 is 0 Å². The van der Waals surface area contributed by atoms with E-state index in [1.54, 1.807) is 11.1 Å². The van der Waals surface area contributed by atoms with Crippen LogP contribution in [0, 0.1) is 11.8 Å². The molecule has 2 aliphatic rings. The second kappa shape index (κ2) is 8.95. The zero-order valence-corrected chi connectivity index (χ0v) is 18.1. The highest BCUT2D eigenvalue weighted by atomic mass is 32.1. The summed E-state index contributed by atoms with van der Waals surface area (Å²) in [6, 6.07) is 9.79. The highest BCUT2D eigenvalue weighted by Crippen LogP contribution is 2.41. The molecule has 1 heterocycles. The number of allylic oxidation sites excluding steroid dienone is 2. The summed E-state index contributed by atoms with van der Waals surface area (Å²) in [5.41, 5.74) is 3.22. The molecule has 0 bridgehead atoms. The van der Waals surface area contributed by atoms with E-state index in [9.17, 15) is 0 Å². The topological polar surface area (TPSA) is 0 Å². The third kappa shape index (κ3) is 4.50. The molecule has 1 unspecified atom stereocenters. The van der Waals surface area contributed by atoms with Gasteiger partial charge in [0.15, 0.2) is 0 Å². The first-order valence-corrected chi connectivity index (χ1v) is 12.3. The SMILES string of the molecule is CCCCC1CC=C(c2cc3ccc(C4CCC(CC)CC4)cc3s2)CC1. The molecule has 0 N–H and O–H groups in total. The first kappa shape index (κ1) is 19.2. The summed E-state index contributed by atoms with van der Waals surface area (Å²) in [5.74, 6) is 2.72. The molecule has 0 amide bonds. The van der Waals surface area contributed by atoms with E-state index >= 15 is 0 Å². The Kier molecular flexibility index (Phi) is 6.38. The molecule has 1 atom stereocenters. The van der Waals surface area contributed by atoms with Gasteiger partial charge < -0.3 is 0 Å². The van der Waals surface area contributed by atoms with E-state index in [-0.39, 0.29) is 0 Å². The molecule has 2 aromatic rings. The van der Waals surface area contributed by atoms with Gasteiger partial charge in [0.2, 0.25) is 0 Å². The lowest BCUT2D eigenvalue weighted by molar-refractivity contribution is 0.319. The predicted octanol–water partition coefficient (Wildman–Crippen LogP) is 8.96. The van der Waals surface area contributed by atoms with E-state index in [0.29, 0.717) is 0 Å². The number of rotatable bonds is 6. The molecule has 1 heteroatoms. The largest absolute Gasteiger partial charge is 0.136 e. The van der Waals surface area contributed by atoms with Gasteiger partial charge in [-0.2, -0.15) is 0 Å². The minimum absolute atomic E-state index is 0.802. The second-order valence-corrected chi connectivity index (χ2v) is 10.1. The molecule has 1 aromatic carbocycles. The average Bonchev–Trinajstić information content (AvgIpc) is 3.16. The summed E-state index contributed by atoms with van der Waals surface area (Å²) < 4.78 is 1.51. The Morgan fingerprint density at radius 1 is 0.963 bits per heavy atom. The van der Waals surface area contributed by atoms with Crippen LogP contribution in [0.1, 0.15) is 101 Å². The normalized spacial score (nSPS) is 26.3. The Bertz CT molecular complexity index is 773.